The van der Waals surface area contributed by atoms with Gasteiger partial charge < -0.3 is 5.73 Å². The Hall–Kier alpha value is -2.74. The van der Waals surface area contributed by atoms with E-state index < -0.39 is 14.8 Å². The Morgan fingerprint density at radius 2 is 1.86 bits per heavy atom. The number of nitrogens with two attached hydrogens (primary N) is 1. The standard InChI is InChI=1S/C21H22N3O3S/c1-3-15-7-4-11-18(13-15)23-21(22)24(27-28(2,25)26)14-17-10-5-8-16-9-6-12-19(24)20(16)17/h4-13H,3,14H2,1-2H3,(H2,22,23)/q+1. The summed E-state index contributed by atoms with van der Waals surface area (Å²) in [6, 6.07) is 19.3. The number of benzene rings is 3. The third kappa shape index (κ3) is 3.17. The van der Waals surface area contributed by atoms with Gasteiger partial charge in [0.05, 0.1) is 17.3 Å². The van der Waals surface area contributed by atoms with Crippen LogP contribution in [0.4, 0.5) is 11.4 Å². The van der Waals surface area contributed by atoms with Gasteiger partial charge in [-0.15, -0.1) is 0 Å². The molecule has 1 aliphatic rings. The van der Waals surface area contributed by atoms with Gasteiger partial charge in [0.2, 0.25) is 0 Å². The summed E-state index contributed by atoms with van der Waals surface area (Å²) in [4.78, 5) is 4.55. The second-order valence-electron chi connectivity index (χ2n) is 6.96. The Balaban J connectivity index is 1.92. The van der Waals surface area contributed by atoms with Gasteiger partial charge >= 0.3 is 16.1 Å². The fourth-order valence-corrected chi connectivity index (χ4v) is 4.43. The number of hydrogen-bond donors (Lipinski definition) is 1. The van der Waals surface area contributed by atoms with Gasteiger partial charge in [-0.3, -0.25) is 0 Å². The summed E-state index contributed by atoms with van der Waals surface area (Å²) in [6.07, 6.45) is 1.90. The molecule has 0 amide bonds. The van der Waals surface area contributed by atoms with E-state index in [1.807, 2.05) is 60.7 Å². The molecule has 6 nitrogen and oxygen atoms in total. The normalized spacial score (nSPS) is 19.3. The van der Waals surface area contributed by atoms with Crippen molar-refractivity contribution < 1.29 is 12.7 Å². The van der Waals surface area contributed by atoms with Crippen molar-refractivity contribution in [1.82, 2.24) is 4.65 Å². The van der Waals surface area contributed by atoms with Gasteiger partial charge in [-0.1, -0.05) is 58.3 Å². The monoisotopic (exact) mass is 396 g/mol. The summed E-state index contributed by atoms with van der Waals surface area (Å²) in [7, 11) is -3.82. The maximum absolute atomic E-state index is 12.2. The molecule has 0 radical (unpaired) electrons. The summed E-state index contributed by atoms with van der Waals surface area (Å²) in [6.45, 7) is 2.32. The summed E-state index contributed by atoms with van der Waals surface area (Å²) >= 11 is 0. The molecule has 3 aromatic rings. The minimum Gasteiger partial charge on any atom is -0.335 e. The highest BCUT2D eigenvalue weighted by atomic mass is 32.2. The lowest BCUT2D eigenvalue weighted by Crippen LogP contribution is -2.56. The van der Waals surface area contributed by atoms with E-state index in [-0.39, 0.29) is 12.5 Å². The zero-order chi connectivity index (χ0) is 19.9. The van der Waals surface area contributed by atoms with Crippen LogP contribution in [-0.4, -0.2) is 20.6 Å². The van der Waals surface area contributed by atoms with Crippen LogP contribution in [-0.2, 0) is 27.4 Å². The molecule has 1 atom stereocenters. The molecule has 28 heavy (non-hydrogen) atoms. The van der Waals surface area contributed by atoms with Crippen LogP contribution in [0.25, 0.3) is 10.8 Å². The van der Waals surface area contributed by atoms with Gasteiger partial charge in [-0.25, -0.2) is 0 Å². The molecule has 7 heteroatoms. The molecule has 2 N–H and O–H groups in total. The summed E-state index contributed by atoms with van der Waals surface area (Å²) < 4.78 is 29.5. The largest absolute Gasteiger partial charge is 0.340 e. The summed E-state index contributed by atoms with van der Waals surface area (Å²) in [5.41, 5.74) is 9.86. The van der Waals surface area contributed by atoms with Crippen molar-refractivity contribution in [2.75, 3.05) is 6.26 Å². The van der Waals surface area contributed by atoms with E-state index in [0.29, 0.717) is 11.4 Å². The number of quaternary nitrogens is 1. The number of guanidine groups is 1. The van der Waals surface area contributed by atoms with Crippen LogP contribution >= 0.6 is 0 Å². The summed E-state index contributed by atoms with van der Waals surface area (Å²) in [5, 5.41) is 1.96. The quantitative estimate of drug-likeness (QED) is 0.414. The first kappa shape index (κ1) is 18.6. The molecule has 1 heterocycles. The smallest absolute Gasteiger partial charge is 0.335 e. The van der Waals surface area contributed by atoms with Crippen molar-refractivity contribution >= 4 is 38.2 Å². The zero-order valence-corrected chi connectivity index (χ0v) is 16.6. The SMILES string of the molecule is CCc1cccc(N=C(N)[N+]2(OS(C)(=O)=O)Cc3cccc4cccc2c34)c1. The molecular weight excluding hydrogens is 374 g/mol. The van der Waals surface area contributed by atoms with Crippen molar-refractivity contribution in [2.45, 2.75) is 19.9 Å². The van der Waals surface area contributed by atoms with E-state index in [1.165, 1.54) is 0 Å². The minimum atomic E-state index is -3.82. The van der Waals surface area contributed by atoms with E-state index in [0.717, 1.165) is 34.6 Å². The van der Waals surface area contributed by atoms with Crippen molar-refractivity contribution in [3.8, 4) is 0 Å². The van der Waals surface area contributed by atoms with Gasteiger partial charge in [-0.05, 0) is 29.5 Å². The minimum absolute atomic E-state index is 0.0716. The Bertz CT molecular complexity index is 1200. The van der Waals surface area contributed by atoms with Crippen LogP contribution in [0, 0.1) is 0 Å². The molecule has 0 bridgehead atoms. The van der Waals surface area contributed by atoms with E-state index in [9.17, 15) is 8.42 Å². The average molecular weight is 396 g/mol. The highest BCUT2D eigenvalue weighted by Gasteiger charge is 2.49. The molecule has 0 saturated carbocycles. The fourth-order valence-electron chi connectivity index (χ4n) is 3.75. The van der Waals surface area contributed by atoms with Crippen molar-refractivity contribution in [3.63, 3.8) is 0 Å². The molecule has 0 fully saturated rings. The molecule has 3 aromatic carbocycles. The third-order valence-electron chi connectivity index (χ3n) is 4.95. The zero-order valence-electron chi connectivity index (χ0n) is 15.8. The van der Waals surface area contributed by atoms with Crippen molar-refractivity contribution in [3.05, 3.63) is 71.8 Å². The fraction of sp³-hybridized carbons (Fsp3) is 0.190. The van der Waals surface area contributed by atoms with Crippen LogP contribution in [0.15, 0.2) is 65.7 Å². The Labute approximate surface area is 164 Å². The predicted octanol–water partition coefficient (Wildman–Crippen LogP) is 3.76. The molecule has 0 saturated heterocycles. The van der Waals surface area contributed by atoms with Gasteiger partial charge in [0.15, 0.2) is 12.2 Å². The Morgan fingerprint density at radius 1 is 1.14 bits per heavy atom. The van der Waals surface area contributed by atoms with Gasteiger partial charge in [0.1, 0.15) is 0 Å². The highest BCUT2D eigenvalue weighted by Crippen LogP contribution is 2.43. The molecule has 0 aromatic heterocycles. The molecule has 0 aliphatic carbocycles. The predicted molar refractivity (Wildman–Crippen MR) is 112 cm³/mol. The topological polar surface area (TPSA) is 81.8 Å². The van der Waals surface area contributed by atoms with Crippen molar-refractivity contribution in [2.24, 2.45) is 10.7 Å². The Morgan fingerprint density at radius 3 is 2.57 bits per heavy atom. The second-order valence-corrected chi connectivity index (χ2v) is 8.52. The van der Waals surface area contributed by atoms with Gasteiger partial charge in [0, 0.05) is 11.6 Å². The first-order chi connectivity index (χ1) is 13.3. The van der Waals surface area contributed by atoms with Gasteiger partial charge in [0.25, 0.3) is 0 Å². The van der Waals surface area contributed by atoms with E-state index in [4.69, 9.17) is 10.0 Å². The lowest BCUT2D eigenvalue weighted by atomic mass is 10.1. The number of nitrogens with zero attached hydrogens (tertiary/aromatic N) is 2. The van der Waals surface area contributed by atoms with Crippen LogP contribution < -0.4 is 10.4 Å². The Kier molecular flexibility index (Phi) is 4.45. The molecule has 4 rings (SSSR count). The molecule has 1 unspecified atom stereocenters. The second kappa shape index (κ2) is 6.70. The first-order valence-corrected chi connectivity index (χ1v) is 10.9. The maximum Gasteiger partial charge on any atom is 0.340 e. The van der Waals surface area contributed by atoms with Crippen molar-refractivity contribution in [1.29, 1.82) is 0 Å². The van der Waals surface area contributed by atoms with E-state index in [1.54, 1.807) is 0 Å². The van der Waals surface area contributed by atoms with Crippen LogP contribution in [0.5, 0.6) is 0 Å². The van der Waals surface area contributed by atoms with Crippen LogP contribution in [0.3, 0.4) is 0 Å². The van der Waals surface area contributed by atoms with E-state index in [2.05, 4.69) is 11.9 Å². The summed E-state index contributed by atoms with van der Waals surface area (Å²) in [5.74, 6) is 0.0716. The lowest BCUT2D eigenvalue weighted by molar-refractivity contribution is 0.0320. The lowest BCUT2D eigenvalue weighted by Gasteiger charge is -2.27. The first-order valence-electron chi connectivity index (χ1n) is 9.06. The number of hydroxylamine groups is 2. The number of aryl methyl sites for hydroxylation is 1. The number of rotatable bonds is 4. The van der Waals surface area contributed by atoms with Crippen LogP contribution in [0.1, 0.15) is 18.1 Å². The molecule has 144 valence electrons. The molecule has 1 aliphatic heterocycles. The number of hydrogen-bond acceptors (Lipinski definition) is 4. The molecular formula is C21H22N3O3S+. The van der Waals surface area contributed by atoms with E-state index >= 15 is 0 Å². The maximum atomic E-state index is 12.2. The number of aliphatic imine (C=N–C) groups is 1. The third-order valence-corrected chi connectivity index (χ3v) is 5.47. The highest BCUT2D eigenvalue weighted by molar-refractivity contribution is 7.86. The van der Waals surface area contributed by atoms with Gasteiger partial charge in [-0.2, -0.15) is 13.4 Å². The molecule has 0 spiro atoms. The average Bonchev–Trinajstić information content (AvgIpc) is 2.97. The van der Waals surface area contributed by atoms with Crippen LogP contribution in [0.2, 0.25) is 0 Å².